The van der Waals surface area contributed by atoms with E-state index >= 15 is 0 Å². The molecule has 0 aliphatic rings. The van der Waals surface area contributed by atoms with Crippen LogP contribution in [0.4, 0.5) is 5.69 Å². The minimum Gasteiger partial charge on any atom is -0.386 e. The molecule has 0 aliphatic heterocycles. The van der Waals surface area contributed by atoms with Gasteiger partial charge in [0.25, 0.3) is 5.91 Å². The third-order valence-corrected chi connectivity index (χ3v) is 4.21. The van der Waals surface area contributed by atoms with E-state index in [4.69, 9.17) is 11.6 Å². The Morgan fingerprint density at radius 3 is 2.60 bits per heavy atom. The van der Waals surface area contributed by atoms with Gasteiger partial charge in [0.15, 0.2) is 0 Å². The molecule has 0 spiro atoms. The number of carbonyl (C=O) groups excluding carboxylic acids is 1. The molecule has 0 heterocycles. The number of nitrogens with zero attached hydrogens (tertiary/aromatic N) is 1. The highest BCUT2D eigenvalue weighted by Crippen LogP contribution is 2.21. The number of nitrogens with one attached hydrogen (secondary N) is 2. The molecule has 4 nitrogen and oxygen atoms in total. The molecule has 0 atom stereocenters. The number of anilines is 1. The molecule has 5 heteroatoms. The number of para-hydroxylation sites is 1. The van der Waals surface area contributed by atoms with Crippen LogP contribution in [0.25, 0.3) is 0 Å². The molecule has 0 saturated heterocycles. The largest absolute Gasteiger partial charge is 0.386 e. The summed E-state index contributed by atoms with van der Waals surface area (Å²) in [5.41, 5.74) is 3.67. The van der Waals surface area contributed by atoms with E-state index in [9.17, 15) is 10.1 Å². The van der Waals surface area contributed by atoms with E-state index in [1.165, 1.54) is 6.20 Å². The lowest BCUT2D eigenvalue weighted by atomic mass is 10.1. The molecule has 0 aromatic heterocycles. The minimum absolute atomic E-state index is 0.0114. The van der Waals surface area contributed by atoms with E-state index in [0.717, 1.165) is 28.8 Å². The van der Waals surface area contributed by atoms with Crippen LogP contribution in [0, 0.1) is 18.3 Å². The average molecular weight is 354 g/mol. The molecule has 0 aliphatic carbocycles. The van der Waals surface area contributed by atoms with Gasteiger partial charge < -0.3 is 10.6 Å². The molecule has 2 N–H and O–H groups in total. The second-order valence-corrected chi connectivity index (χ2v) is 5.97. The number of nitriles is 1. The van der Waals surface area contributed by atoms with Crippen LogP contribution in [0.2, 0.25) is 5.02 Å². The maximum atomic E-state index is 12.4. The number of amides is 1. The molecule has 0 bridgehead atoms. The van der Waals surface area contributed by atoms with Crippen molar-refractivity contribution in [2.45, 2.75) is 26.8 Å². The quantitative estimate of drug-likeness (QED) is 0.599. The van der Waals surface area contributed by atoms with E-state index < -0.39 is 5.91 Å². The van der Waals surface area contributed by atoms with Crippen molar-refractivity contribution in [3.8, 4) is 6.07 Å². The van der Waals surface area contributed by atoms with Gasteiger partial charge in [0.1, 0.15) is 11.6 Å². The SMILES string of the molecule is CCc1cccc(C)c1NC(=O)/C(C#N)=C\NCc1ccccc1Cl. The maximum Gasteiger partial charge on any atom is 0.267 e. The summed E-state index contributed by atoms with van der Waals surface area (Å²) in [6, 6.07) is 15.2. The van der Waals surface area contributed by atoms with Crippen LogP contribution < -0.4 is 10.6 Å². The zero-order valence-electron chi connectivity index (χ0n) is 14.3. The van der Waals surface area contributed by atoms with Crippen LogP contribution in [-0.2, 0) is 17.8 Å². The molecule has 0 radical (unpaired) electrons. The Kier molecular flexibility index (Phi) is 6.62. The van der Waals surface area contributed by atoms with Gasteiger partial charge in [-0.1, -0.05) is 54.9 Å². The molecular formula is C20H20ClN3O. The van der Waals surface area contributed by atoms with Gasteiger partial charge in [-0.2, -0.15) is 5.26 Å². The van der Waals surface area contributed by atoms with Crippen LogP contribution in [0.5, 0.6) is 0 Å². The summed E-state index contributed by atoms with van der Waals surface area (Å²) < 4.78 is 0. The van der Waals surface area contributed by atoms with E-state index in [1.807, 2.05) is 56.3 Å². The van der Waals surface area contributed by atoms with Gasteiger partial charge >= 0.3 is 0 Å². The highest BCUT2D eigenvalue weighted by Gasteiger charge is 2.13. The van der Waals surface area contributed by atoms with Crippen molar-refractivity contribution in [1.82, 2.24) is 5.32 Å². The van der Waals surface area contributed by atoms with Gasteiger partial charge in [-0.25, -0.2) is 0 Å². The molecule has 0 saturated carbocycles. The van der Waals surface area contributed by atoms with E-state index in [0.29, 0.717) is 11.6 Å². The third-order valence-electron chi connectivity index (χ3n) is 3.84. The average Bonchev–Trinajstić information content (AvgIpc) is 2.61. The fourth-order valence-electron chi connectivity index (χ4n) is 2.44. The topological polar surface area (TPSA) is 64.9 Å². The highest BCUT2D eigenvalue weighted by atomic mass is 35.5. The number of hydrogen-bond donors (Lipinski definition) is 2. The van der Waals surface area contributed by atoms with Gasteiger partial charge in [-0.05, 0) is 36.1 Å². The summed E-state index contributed by atoms with van der Waals surface area (Å²) >= 11 is 6.09. The van der Waals surface area contributed by atoms with Crippen LogP contribution >= 0.6 is 11.6 Å². The third kappa shape index (κ3) is 4.85. The number of halogens is 1. The number of carbonyl (C=O) groups is 1. The van der Waals surface area contributed by atoms with Crippen molar-refractivity contribution < 1.29 is 4.79 Å². The molecule has 25 heavy (non-hydrogen) atoms. The molecule has 2 aromatic rings. The fraction of sp³-hybridized carbons (Fsp3) is 0.200. The van der Waals surface area contributed by atoms with Crippen LogP contribution in [0.1, 0.15) is 23.6 Å². The van der Waals surface area contributed by atoms with Crippen LogP contribution in [-0.4, -0.2) is 5.91 Å². The number of benzene rings is 2. The lowest BCUT2D eigenvalue weighted by molar-refractivity contribution is -0.112. The molecule has 2 aromatic carbocycles. The molecule has 128 valence electrons. The zero-order chi connectivity index (χ0) is 18.2. The Balaban J connectivity index is 2.09. The molecular weight excluding hydrogens is 334 g/mol. The second-order valence-electron chi connectivity index (χ2n) is 5.56. The van der Waals surface area contributed by atoms with Gasteiger partial charge in [0.05, 0.1) is 0 Å². The normalized spacial score (nSPS) is 10.9. The van der Waals surface area contributed by atoms with Gasteiger partial charge in [-0.3, -0.25) is 4.79 Å². The Bertz CT molecular complexity index is 837. The Morgan fingerprint density at radius 1 is 1.20 bits per heavy atom. The number of hydrogen-bond acceptors (Lipinski definition) is 3. The lowest BCUT2D eigenvalue weighted by Crippen LogP contribution is -2.18. The summed E-state index contributed by atoms with van der Waals surface area (Å²) in [4.78, 5) is 12.4. The van der Waals surface area contributed by atoms with Crippen molar-refractivity contribution in [1.29, 1.82) is 5.26 Å². The summed E-state index contributed by atoms with van der Waals surface area (Å²) in [6.45, 7) is 4.39. The first-order valence-electron chi connectivity index (χ1n) is 8.03. The monoisotopic (exact) mass is 353 g/mol. The highest BCUT2D eigenvalue weighted by molar-refractivity contribution is 6.31. The van der Waals surface area contributed by atoms with Crippen molar-refractivity contribution in [2.75, 3.05) is 5.32 Å². The number of rotatable bonds is 6. The standard InChI is InChI=1S/C20H20ClN3O/c1-3-15-9-6-7-14(2)19(15)24-20(25)17(11-22)13-23-12-16-8-4-5-10-18(16)21/h4-10,13,23H,3,12H2,1-2H3,(H,24,25)/b17-13-. The second kappa shape index (κ2) is 8.91. The maximum absolute atomic E-state index is 12.4. The van der Waals surface area contributed by atoms with Crippen LogP contribution in [0.15, 0.2) is 54.2 Å². The van der Waals surface area contributed by atoms with Crippen LogP contribution in [0.3, 0.4) is 0 Å². The molecule has 0 fully saturated rings. The van der Waals surface area contributed by atoms with Crippen molar-refractivity contribution >= 4 is 23.2 Å². The lowest BCUT2D eigenvalue weighted by Gasteiger charge is -2.12. The summed E-state index contributed by atoms with van der Waals surface area (Å²) in [6.07, 6.45) is 2.22. The van der Waals surface area contributed by atoms with Gasteiger partial charge in [0.2, 0.25) is 0 Å². The molecule has 0 unspecified atom stereocenters. The summed E-state index contributed by atoms with van der Waals surface area (Å²) in [5, 5.41) is 15.7. The van der Waals surface area contributed by atoms with Crippen molar-refractivity contribution in [3.05, 3.63) is 76.0 Å². The Labute approximate surface area is 153 Å². The van der Waals surface area contributed by atoms with E-state index in [-0.39, 0.29) is 5.57 Å². The van der Waals surface area contributed by atoms with E-state index in [1.54, 1.807) is 6.07 Å². The van der Waals surface area contributed by atoms with E-state index in [2.05, 4.69) is 10.6 Å². The number of aryl methyl sites for hydroxylation is 2. The minimum atomic E-state index is -0.432. The van der Waals surface area contributed by atoms with Crippen molar-refractivity contribution in [3.63, 3.8) is 0 Å². The fourth-order valence-corrected chi connectivity index (χ4v) is 2.64. The predicted octanol–water partition coefficient (Wildman–Crippen LogP) is 4.35. The van der Waals surface area contributed by atoms with Gasteiger partial charge in [-0.15, -0.1) is 0 Å². The Morgan fingerprint density at radius 2 is 1.92 bits per heavy atom. The molecule has 1 amide bonds. The first-order chi connectivity index (χ1) is 12.1. The smallest absolute Gasteiger partial charge is 0.267 e. The van der Waals surface area contributed by atoms with Crippen molar-refractivity contribution in [2.24, 2.45) is 0 Å². The predicted molar refractivity (Wildman–Crippen MR) is 101 cm³/mol. The summed E-state index contributed by atoms with van der Waals surface area (Å²) in [7, 11) is 0. The Hall–Kier alpha value is -2.77. The summed E-state index contributed by atoms with van der Waals surface area (Å²) in [5.74, 6) is -0.432. The molecule has 2 rings (SSSR count). The zero-order valence-corrected chi connectivity index (χ0v) is 15.0. The first-order valence-corrected chi connectivity index (χ1v) is 8.41. The van der Waals surface area contributed by atoms with Gasteiger partial charge in [0, 0.05) is 23.5 Å². The first kappa shape index (κ1) is 18.6.